The zero-order valence-electron chi connectivity index (χ0n) is 5.05. The Morgan fingerprint density at radius 3 is 2.44 bits per heavy atom. The SMILES string of the molecule is CNC(=O)C(C=O)NN. The van der Waals surface area contributed by atoms with Crippen molar-refractivity contribution in [1.29, 1.82) is 0 Å². The molecule has 0 rings (SSSR count). The quantitative estimate of drug-likeness (QED) is 0.175. The van der Waals surface area contributed by atoms with Crippen LogP contribution in [0.1, 0.15) is 0 Å². The minimum atomic E-state index is -0.935. The molecule has 0 saturated carbocycles. The number of hydrogen-bond donors (Lipinski definition) is 3. The fraction of sp³-hybridized carbons (Fsp3) is 0.500. The van der Waals surface area contributed by atoms with E-state index < -0.39 is 11.9 Å². The predicted octanol–water partition coefficient (Wildman–Crippen LogP) is -2.24. The van der Waals surface area contributed by atoms with Crippen LogP contribution >= 0.6 is 0 Å². The average molecular weight is 131 g/mol. The van der Waals surface area contributed by atoms with Gasteiger partial charge in [-0.2, -0.15) is 0 Å². The molecule has 0 aliphatic carbocycles. The molecule has 1 unspecified atom stereocenters. The first-order chi connectivity index (χ1) is 4.26. The van der Waals surface area contributed by atoms with Crippen molar-refractivity contribution in [2.75, 3.05) is 7.05 Å². The summed E-state index contributed by atoms with van der Waals surface area (Å²) in [4.78, 5) is 20.4. The highest BCUT2D eigenvalue weighted by molar-refractivity contribution is 5.95. The molecule has 0 bridgehead atoms. The van der Waals surface area contributed by atoms with E-state index in [1.54, 1.807) is 0 Å². The number of carbonyl (C=O) groups excluding carboxylic acids is 2. The topological polar surface area (TPSA) is 84.2 Å². The third-order valence-corrected chi connectivity index (χ3v) is 0.845. The highest BCUT2D eigenvalue weighted by Gasteiger charge is 2.11. The van der Waals surface area contributed by atoms with Crippen molar-refractivity contribution in [3.05, 3.63) is 0 Å². The number of hydrogen-bond acceptors (Lipinski definition) is 4. The fourth-order valence-corrected chi connectivity index (χ4v) is 0.332. The first-order valence-corrected chi connectivity index (χ1v) is 2.39. The van der Waals surface area contributed by atoms with Crippen molar-refractivity contribution in [2.45, 2.75) is 6.04 Å². The number of hydrazine groups is 1. The van der Waals surface area contributed by atoms with Gasteiger partial charge in [-0.25, -0.2) is 5.43 Å². The van der Waals surface area contributed by atoms with Gasteiger partial charge in [0.15, 0.2) is 6.04 Å². The minimum absolute atomic E-state index is 0.429. The number of carbonyl (C=O) groups is 2. The van der Waals surface area contributed by atoms with Crippen LogP contribution in [0.15, 0.2) is 0 Å². The van der Waals surface area contributed by atoms with Gasteiger partial charge in [-0.3, -0.25) is 10.6 Å². The lowest BCUT2D eigenvalue weighted by atomic mass is 10.3. The second-order valence-corrected chi connectivity index (χ2v) is 1.39. The monoisotopic (exact) mass is 131 g/mol. The molecule has 0 aromatic heterocycles. The summed E-state index contributed by atoms with van der Waals surface area (Å²) >= 11 is 0. The van der Waals surface area contributed by atoms with Crippen molar-refractivity contribution in [1.82, 2.24) is 10.7 Å². The molecule has 0 aliphatic rings. The number of aldehydes is 1. The second kappa shape index (κ2) is 3.99. The summed E-state index contributed by atoms with van der Waals surface area (Å²) < 4.78 is 0. The van der Waals surface area contributed by atoms with Crippen molar-refractivity contribution in [2.24, 2.45) is 5.84 Å². The molecule has 0 fully saturated rings. The molecule has 52 valence electrons. The number of nitrogens with two attached hydrogens (primary N) is 1. The van der Waals surface area contributed by atoms with Gasteiger partial charge < -0.3 is 10.1 Å². The maximum Gasteiger partial charge on any atom is 0.245 e. The standard InChI is InChI=1S/C4H9N3O2/c1-6-4(9)3(2-8)7-5/h2-3,7H,5H2,1H3,(H,6,9). The van der Waals surface area contributed by atoms with E-state index in [-0.39, 0.29) is 0 Å². The summed E-state index contributed by atoms with van der Waals surface area (Å²) in [5.41, 5.74) is 2.02. The van der Waals surface area contributed by atoms with Crippen molar-refractivity contribution in [3.8, 4) is 0 Å². The first-order valence-electron chi connectivity index (χ1n) is 2.39. The van der Waals surface area contributed by atoms with E-state index in [1.165, 1.54) is 7.05 Å². The second-order valence-electron chi connectivity index (χ2n) is 1.39. The maximum absolute atomic E-state index is 10.5. The van der Waals surface area contributed by atoms with Crippen LogP contribution in [0.25, 0.3) is 0 Å². The van der Waals surface area contributed by atoms with E-state index in [1.807, 2.05) is 5.43 Å². The Morgan fingerprint density at radius 1 is 1.78 bits per heavy atom. The number of amides is 1. The zero-order valence-corrected chi connectivity index (χ0v) is 5.05. The van der Waals surface area contributed by atoms with Crippen LogP contribution in [0.5, 0.6) is 0 Å². The molecule has 0 heterocycles. The summed E-state index contributed by atoms with van der Waals surface area (Å²) in [7, 11) is 1.43. The third-order valence-electron chi connectivity index (χ3n) is 0.845. The van der Waals surface area contributed by atoms with E-state index in [2.05, 4.69) is 5.32 Å². The predicted molar refractivity (Wildman–Crippen MR) is 31.2 cm³/mol. The summed E-state index contributed by atoms with van der Waals surface area (Å²) in [6.07, 6.45) is 0.429. The zero-order chi connectivity index (χ0) is 7.28. The molecule has 1 atom stereocenters. The van der Waals surface area contributed by atoms with Gasteiger partial charge in [0.05, 0.1) is 0 Å². The third kappa shape index (κ3) is 2.20. The van der Waals surface area contributed by atoms with Gasteiger partial charge in [-0.1, -0.05) is 0 Å². The average Bonchev–Trinajstić information content (AvgIpc) is 1.90. The highest BCUT2D eigenvalue weighted by atomic mass is 16.2. The van der Waals surface area contributed by atoms with E-state index >= 15 is 0 Å². The van der Waals surface area contributed by atoms with Crippen LogP contribution in [-0.2, 0) is 9.59 Å². The fourth-order valence-electron chi connectivity index (χ4n) is 0.332. The van der Waals surface area contributed by atoms with Crippen LogP contribution in [0, 0.1) is 0 Å². The van der Waals surface area contributed by atoms with Gasteiger partial charge >= 0.3 is 0 Å². The Balaban J connectivity index is 3.78. The summed E-state index contributed by atoms with van der Waals surface area (Å²) in [5.74, 6) is 4.38. The molecule has 9 heavy (non-hydrogen) atoms. The van der Waals surface area contributed by atoms with Crippen LogP contribution in [-0.4, -0.2) is 25.3 Å². The Labute approximate surface area is 52.6 Å². The summed E-state index contributed by atoms with van der Waals surface area (Å²) in [5, 5.41) is 2.25. The molecule has 4 N–H and O–H groups in total. The number of likely N-dealkylation sites (N-methyl/N-ethyl adjacent to an activating group) is 1. The van der Waals surface area contributed by atoms with Gasteiger partial charge in [-0.05, 0) is 0 Å². The molecular weight excluding hydrogens is 122 g/mol. The van der Waals surface area contributed by atoms with Gasteiger partial charge in [0.1, 0.15) is 6.29 Å². The Hall–Kier alpha value is -0.940. The van der Waals surface area contributed by atoms with Crippen LogP contribution < -0.4 is 16.6 Å². The van der Waals surface area contributed by atoms with Crippen molar-refractivity contribution in [3.63, 3.8) is 0 Å². The molecule has 0 aromatic carbocycles. The van der Waals surface area contributed by atoms with Gasteiger partial charge in [0.25, 0.3) is 0 Å². The van der Waals surface area contributed by atoms with Gasteiger partial charge in [-0.15, -0.1) is 0 Å². The lowest BCUT2D eigenvalue weighted by molar-refractivity contribution is -0.126. The molecule has 5 nitrogen and oxygen atoms in total. The van der Waals surface area contributed by atoms with Crippen molar-refractivity contribution >= 4 is 12.2 Å². The highest BCUT2D eigenvalue weighted by Crippen LogP contribution is 1.71. The normalized spacial score (nSPS) is 12.2. The smallest absolute Gasteiger partial charge is 0.245 e. The molecular formula is C4H9N3O2. The first kappa shape index (κ1) is 8.06. The van der Waals surface area contributed by atoms with Gasteiger partial charge in [0, 0.05) is 7.05 Å². The molecule has 0 aliphatic heterocycles. The Bertz CT molecular complexity index is 114. The van der Waals surface area contributed by atoms with E-state index in [9.17, 15) is 9.59 Å². The van der Waals surface area contributed by atoms with E-state index in [4.69, 9.17) is 5.84 Å². The van der Waals surface area contributed by atoms with Crippen LogP contribution in [0.2, 0.25) is 0 Å². The molecule has 1 amide bonds. The van der Waals surface area contributed by atoms with Gasteiger partial charge in [0.2, 0.25) is 5.91 Å². The van der Waals surface area contributed by atoms with Crippen molar-refractivity contribution < 1.29 is 9.59 Å². The summed E-state index contributed by atoms with van der Waals surface area (Å²) in [6, 6.07) is -0.935. The maximum atomic E-state index is 10.5. The largest absolute Gasteiger partial charge is 0.357 e. The lowest BCUT2D eigenvalue weighted by Gasteiger charge is -2.04. The van der Waals surface area contributed by atoms with E-state index in [0.29, 0.717) is 6.29 Å². The molecule has 0 aromatic rings. The minimum Gasteiger partial charge on any atom is -0.357 e. The molecule has 0 radical (unpaired) electrons. The van der Waals surface area contributed by atoms with Crippen LogP contribution in [0.4, 0.5) is 0 Å². The molecule has 0 saturated heterocycles. The summed E-state index contributed by atoms with van der Waals surface area (Å²) in [6.45, 7) is 0. The Kier molecular flexibility index (Phi) is 3.57. The van der Waals surface area contributed by atoms with Crippen LogP contribution in [0.3, 0.4) is 0 Å². The molecule has 5 heteroatoms. The number of rotatable bonds is 3. The number of nitrogens with one attached hydrogen (secondary N) is 2. The Morgan fingerprint density at radius 2 is 2.33 bits per heavy atom. The lowest BCUT2D eigenvalue weighted by Crippen LogP contribution is -2.47. The van der Waals surface area contributed by atoms with E-state index in [0.717, 1.165) is 0 Å². The molecule has 0 spiro atoms.